The molecule has 1 heterocycles. The summed E-state index contributed by atoms with van der Waals surface area (Å²) in [7, 11) is 0. The van der Waals surface area contributed by atoms with Gasteiger partial charge in [-0.3, -0.25) is 0 Å². The second-order valence-corrected chi connectivity index (χ2v) is 4.99. The van der Waals surface area contributed by atoms with Gasteiger partial charge in [0.2, 0.25) is 0 Å². The molecule has 1 atom stereocenters. The van der Waals surface area contributed by atoms with E-state index in [9.17, 15) is 0 Å². The Kier molecular flexibility index (Phi) is 3.87. The Bertz CT molecular complexity index is 528. The van der Waals surface area contributed by atoms with Gasteiger partial charge < -0.3 is 9.73 Å². The van der Waals surface area contributed by atoms with Gasteiger partial charge in [0.05, 0.1) is 12.8 Å². The van der Waals surface area contributed by atoms with Crippen LogP contribution in [0.2, 0.25) is 0 Å². The van der Waals surface area contributed by atoms with Gasteiger partial charge in [0.1, 0.15) is 5.76 Å². The lowest BCUT2D eigenvalue weighted by Gasteiger charge is -2.16. The molecule has 0 aliphatic rings. The molecule has 1 N–H and O–H groups in total. The van der Waals surface area contributed by atoms with Crippen molar-refractivity contribution < 1.29 is 4.42 Å². The molecule has 2 heteroatoms. The van der Waals surface area contributed by atoms with Gasteiger partial charge in [-0.1, -0.05) is 23.8 Å². The normalized spacial score (nSPS) is 12.7. The first-order valence-electron chi connectivity index (χ1n) is 6.41. The van der Waals surface area contributed by atoms with Crippen molar-refractivity contribution in [3.8, 4) is 0 Å². The summed E-state index contributed by atoms with van der Waals surface area (Å²) in [5.74, 6) is 1.02. The molecule has 2 rings (SSSR count). The Morgan fingerprint density at radius 2 is 1.89 bits per heavy atom. The van der Waals surface area contributed by atoms with E-state index < -0.39 is 0 Å². The molecule has 0 saturated carbocycles. The molecular weight excluding hydrogens is 222 g/mol. The van der Waals surface area contributed by atoms with Crippen LogP contribution in [0.15, 0.2) is 34.9 Å². The Morgan fingerprint density at radius 1 is 1.11 bits per heavy atom. The van der Waals surface area contributed by atoms with Crippen molar-refractivity contribution in [2.75, 3.05) is 0 Å². The summed E-state index contributed by atoms with van der Waals surface area (Å²) < 4.78 is 5.44. The molecule has 0 bridgehead atoms. The van der Waals surface area contributed by atoms with E-state index in [1.165, 1.54) is 22.3 Å². The molecule has 0 aliphatic carbocycles. The molecule has 0 radical (unpaired) electrons. The number of furan rings is 1. The molecule has 1 unspecified atom stereocenters. The van der Waals surface area contributed by atoms with Gasteiger partial charge in [-0.15, -0.1) is 0 Å². The van der Waals surface area contributed by atoms with E-state index in [0.29, 0.717) is 6.04 Å². The minimum Gasteiger partial charge on any atom is -0.468 e. The molecule has 0 spiro atoms. The molecule has 1 aromatic carbocycles. The van der Waals surface area contributed by atoms with Crippen molar-refractivity contribution in [3.05, 3.63) is 58.5 Å². The smallest absolute Gasteiger partial charge is 0.120 e. The van der Waals surface area contributed by atoms with Crippen LogP contribution in [-0.2, 0) is 6.54 Å². The van der Waals surface area contributed by atoms with Gasteiger partial charge in [0, 0.05) is 6.04 Å². The zero-order valence-electron chi connectivity index (χ0n) is 11.6. The van der Waals surface area contributed by atoms with Gasteiger partial charge in [0.15, 0.2) is 0 Å². The first kappa shape index (κ1) is 12.9. The molecule has 18 heavy (non-hydrogen) atoms. The average molecular weight is 243 g/mol. The van der Waals surface area contributed by atoms with E-state index in [1.807, 2.05) is 6.07 Å². The number of hydrogen-bond acceptors (Lipinski definition) is 2. The molecule has 2 aromatic rings. The highest BCUT2D eigenvalue weighted by atomic mass is 16.3. The molecule has 96 valence electrons. The minimum absolute atomic E-state index is 0.329. The summed E-state index contributed by atoms with van der Waals surface area (Å²) in [5, 5.41) is 3.51. The van der Waals surface area contributed by atoms with Crippen LogP contribution in [0, 0.1) is 20.8 Å². The van der Waals surface area contributed by atoms with Gasteiger partial charge >= 0.3 is 0 Å². The maximum Gasteiger partial charge on any atom is 0.120 e. The first-order valence-corrected chi connectivity index (χ1v) is 6.41. The fraction of sp³-hybridized carbons (Fsp3) is 0.375. The summed E-state index contributed by atoms with van der Waals surface area (Å²) in [4.78, 5) is 0. The molecule has 0 aliphatic heterocycles. The maximum absolute atomic E-state index is 5.44. The van der Waals surface area contributed by atoms with Crippen molar-refractivity contribution in [2.45, 2.75) is 40.3 Å². The van der Waals surface area contributed by atoms with Crippen LogP contribution in [0.1, 0.15) is 41.0 Å². The number of nitrogens with one attached hydrogen (secondary N) is 1. The number of rotatable bonds is 4. The highest BCUT2D eigenvalue weighted by Crippen LogP contribution is 2.19. The summed E-state index contributed by atoms with van der Waals surface area (Å²) in [6.07, 6.45) is 1.74. The van der Waals surface area contributed by atoms with E-state index in [0.717, 1.165) is 12.3 Å². The summed E-state index contributed by atoms with van der Waals surface area (Å²) >= 11 is 0. The number of hydrogen-bond donors (Lipinski definition) is 1. The van der Waals surface area contributed by atoms with E-state index >= 15 is 0 Å². The van der Waals surface area contributed by atoms with Crippen molar-refractivity contribution in [1.29, 1.82) is 0 Å². The third kappa shape index (κ3) is 2.82. The Labute approximate surface area is 109 Å². The van der Waals surface area contributed by atoms with Gasteiger partial charge in [-0.25, -0.2) is 0 Å². The van der Waals surface area contributed by atoms with Gasteiger partial charge in [0.25, 0.3) is 0 Å². The Hall–Kier alpha value is -1.54. The van der Waals surface area contributed by atoms with E-state index in [-0.39, 0.29) is 0 Å². The van der Waals surface area contributed by atoms with Gasteiger partial charge in [-0.05, 0) is 50.5 Å². The summed E-state index contributed by atoms with van der Waals surface area (Å²) in [6.45, 7) is 9.32. The minimum atomic E-state index is 0.329. The first-order chi connectivity index (χ1) is 8.58. The van der Waals surface area contributed by atoms with Crippen LogP contribution in [-0.4, -0.2) is 0 Å². The lowest BCUT2D eigenvalue weighted by Crippen LogP contribution is -2.19. The molecule has 2 nitrogen and oxygen atoms in total. The molecule has 1 aromatic heterocycles. The third-order valence-corrected chi connectivity index (χ3v) is 3.43. The van der Waals surface area contributed by atoms with E-state index in [1.54, 1.807) is 6.26 Å². The predicted octanol–water partition coefficient (Wildman–Crippen LogP) is 4.06. The molecular formula is C16H21NO. The van der Waals surface area contributed by atoms with Crippen molar-refractivity contribution in [3.63, 3.8) is 0 Å². The SMILES string of the molecule is Cc1ccc(C(C)NCc2occc2C)c(C)c1. The third-order valence-electron chi connectivity index (χ3n) is 3.43. The molecule has 0 fully saturated rings. The largest absolute Gasteiger partial charge is 0.468 e. The van der Waals surface area contributed by atoms with Crippen molar-refractivity contribution >= 4 is 0 Å². The fourth-order valence-corrected chi connectivity index (χ4v) is 2.25. The highest BCUT2D eigenvalue weighted by Gasteiger charge is 2.09. The van der Waals surface area contributed by atoms with Crippen LogP contribution < -0.4 is 5.32 Å². The predicted molar refractivity (Wildman–Crippen MR) is 74.6 cm³/mol. The van der Waals surface area contributed by atoms with Crippen LogP contribution in [0.4, 0.5) is 0 Å². The van der Waals surface area contributed by atoms with E-state index in [4.69, 9.17) is 4.42 Å². The van der Waals surface area contributed by atoms with Crippen LogP contribution >= 0.6 is 0 Å². The second kappa shape index (κ2) is 5.40. The molecule has 0 saturated heterocycles. The van der Waals surface area contributed by atoms with Crippen LogP contribution in [0.25, 0.3) is 0 Å². The summed E-state index contributed by atoms with van der Waals surface area (Å²) in [5.41, 5.74) is 5.21. The maximum atomic E-state index is 5.44. The lowest BCUT2D eigenvalue weighted by atomic mass is 10.0. The topological polar surface area (TPSA) is 25.2 Å². The van der Waals surface area contributed by atoms with Crippen molar-refractivity contribution in [1.82, 2.24) is 5.32 Å². The zero-order valence-corrected chi connectivity index (χ0v) is 11.6. The fourth-order valence-electron chi connectivity index (χ4n) is 2.25. The highest BCUT2D eigenvalue weighted by molar-refractivity contribution is 5.32. The number of benzene rings is 1. The Balaban J connectivity index is 2.03. The summed E-state index contributed by atoms with van der Waals surface area (Å²) in [6, 6.07) is 8.93. The monoisotopic (exact) mass is 243 g/mol. The van der Waals surface area contributed by atoms with Crippen LogP contribution in [0.3, 0.4) is 0 Å². The molecule has 0 amide bonds. The quantitative estimate of drug-likeness (QED) is 0.876. The number of aryl methyl sites for hydroxylation is 3. The zero-order chi connectivity index (χ0) is 13.1. The lowest BCUT2D eigenvalue weighted by molar-refractivity contribution is 0.457. The average Bonchev–Trinajstić information content (AvgIpc) is 2.72. The standard InChI is InChI=1S/C16H21NO/c1-11-5-6-15(13(3)9-11)14(4)17-10-16-12(2)7-8-18-16/h5-9,14,17H,10H2,1-4H3. The van der Waals surface area contributed by atoms with Crippen LogP contribution in [0.5, 0.6) is 0 Å². The van der Waals surface area contributed by atoms with Gasteiger partial charge in [-0.2, -0.15) is 0 Å². The second-order valence-electron chi connectivity index (χ2n) is 4.99. The Morgan fingerprint density at radius 3 is 2.50 bits per heavy atom. The van der Waals surface area contributed by atoms with Crippen molar-refractivity contribution in [2.24, 2.45) is 0 Å². The van der Waals surface area contributed by atoms with E-state index in [2.05, 4.69) is 51.2 Å².